The predicted molar refractivity (Wildman–Crippen MR) is 124 cm³/mol. The van der Waals surface area contributed by atoms with Crippen molar-refractivity contribution >= 4 is 17.4 Å². The van der Waals surface area contributed by atoms with Crippen molar-refractivity contribution in [3.63, 3.8) is 0 Å². The first-order valence-electron chi connectivity index (χ1n) is 11.0. The van der Waals surface area contributed by atoms with E-state index in [1.807, 2.05) is 24.3 Å². The van der Waals surface area contributed by atoms with Crippen LogP contribution in [0.15, 0.2) is 77.9 Å². The molecule has 0 bridgehead atoms. The fourth-order valence-electron chi connectivity index (χ4n) is 4.07. The number of phenolic OH excluding ortho intramolecular Hbond substituents is 2. The lowest BCUT2D eigenvalue weighted by atomic mass is 9.90. The van der Waals surface area contributed by atoms with Crippen LogP contribution in [-0.2, 0) is 9.59 Å². The van der Waals surface area contributed by atoms with Gasteiger partial charge >= 0.3 is 0 Å². The third kappa shape index (κ3) is 4.99. The van der Waals surface area contributed by atoms with Crippen LogP contribution >= 0.6 is 0 Å². The molecule has 0 aromatic heterocycles. The Hall–Kier alpha value is -3.60. The van der Waals surface area contributed by atoms with E-state index in [0.717, 1.165) is 53.5 Å². The molecular formula is C27H27NO4. The van der Waals surface area contributed by atoms with Crippen molar-refractivity contribution in [2.24, 2.45) is 0 Å². The van der Waals surface area contributed by atoms with E-state index in [4.69, 9.17) is 0 Å². The molecule has 0 unspecified atom stereocenters. The zero-order valence-corrected chi connectivity index (χ0v) is 18.0. The number of unbranched alkanes of at least 4 members (excludes halogenated alkanes) is 1. The molecule has 2 amide bonds. The summed E-state index contributed by atoms with van der Waals surface area (Å²) in [6, 6.07) is 14.2. The summed E-state index contributed by atoms with van der Waals surface area (Å²) in [6.07, 6.45) is 6.06. The second kappa shape index (κ2) is 9.27. The minimum absolute atomic E-state index is 0.0731. The largest absolute Gasteiger partial charge is 0.508 e. The number of carbonyl (C=O) groups excluding carboxylic acids is 2. The number of benzene rings is 2. The number of hydrogen-bond donors (Lipinski definition) is 2. The Balaban J connectivity index is 1.64. The Morgan fingerprint density at radius 3 is 1.84 bits per heavy atom. The van der Waals surface area contributed by atoms with E-state index in [1.54, 1.807) is 24.3 Å². The van der Waals surface area contributed by atoms with Crippen LogP contribution in [0.4, 0.5) is 0 Å². The Morgan fingerprint density at radius 2 is 1.38 bits per heavy atom. The van der Waals surface area contributed by atoms with Gasteiger partial charge in [-0.2, -0.15) is 0 Å². The molecule has 1 heterocycles. The fourth-order valence-corrected chi connectivity index (χ4v) is 4.07. The predicted octanol–water partition coefficient (Wildman–Crippen LogP) is 5.11. The highest BCUT2D eigenvalue weighted by molar-refractivity contribution is 6.01. The molecule has 2 aromatic rings. The number of carbonyl (C=O) groups is 2. The summed E-state index contributed by atoms with van der Waals surface area (Å²) in [5.41, 5.74) is 6.46. The number of nitrogens with zero attached hydrogens (tertiary/aromatic N) is 1. The van der Waals surface area contributed by atoms with Gasteiger partial charge in [0.2, 0.25) is 11.8 Å². The molecular weight excluding hydrogens is 402 g/mol. The van der Waals surface area contributed by atoms with Crippen molar-refractivity contribution in [1.82, 2.24) is 4.90 Å². The van der Waals surface area contributed by atoms with E-state index in [9.17, 15) is 19.8 Å². The number of rotatable bonds is 8. The summed E-state index contributed by atoms with van der Waals surface area (Å²) in [5, 5.41) is 19.5. The van der Waals surface area contributed by atoms with E-state index >= 15 is 0 Å². The van der Waals surface area contributed by atoms with Gasteiger partial charge in [-0.3, -0.25) is 14.5 Å². The highest BCUT2D eigenvalue weighted by Crippen LogP contribution is 2.39. The highest BCUT2D eigenvalue weighted by atomic mass is 16.3. The van der Waals surface area contributed by atoms with Gasteiger partial charge in [0, 0.05) is 19.4 Å². The third-order valence-corrected chi connectivity index (χ3v) is 5.95. The smallest absolute Gasteiger partial charge is 0.229 e. The zero-order chi connectivity index (χ0) is 22.7. The van der Waals surface area contributed by atoms with Crippen molar-refractivity contribution in [2.45, 2.75) is 38.5 Å². The number of likely N-dealkylation sites (tertiary alicyclic amines) is 1. The fraction of sp³-hybridized carbons (Fsp3) is 0.259. The molecule has 5 heteroatoms. The minimum atomic E-state index is -0.0731. The van der Waals surface area contributed by atoms with Crippen LogP contribution in [0.3, 0.4) is 0 Å². The molecule has 2 aromatic carbocycles. The van der Waals surface area contributed by atoms with Crippen molar-refractivity contribution in [2.75, 3.05) is 6.54 Å². The van der Waals surface area contributed by atoms with Crippen LogP contribution in [0, 0.1) is 0 Å². The number of amides is 2. The molecule has 1 aliphatic carbocycles. The molecule has 5 nitrogen and oxygen atoms in total. The minimum Gasteiger partial charge on any atom is -0.508 e. The average molecular weight is 430 g/mol. The Morgan fingerprint density at radius 1 is 0.875 bits per heavy atom. The van der Waals surface area contributed by atoms with Gasteiger partial charge in [0.1, 0.15) is 11.5 Å². The van der Waals surface area contributed by atoms with Crippen molar-refractivity contribution in [3.8, 4) is 11.5 Å². The van der Waals surface area contributed by atoms with Gasteiger partial charge in [0.05, 0.1) is 0 Å². The van der Waals surface area contributed by atoms with Crippen LogP contribution in [0.25, 0.3) is 5.57 Å². The lowest BCUT2D eigenvalue weighted by Gasteiger charge is -2.16. The lowest BCUT2D eigenvalue weighted by Crippen LogP contribution is -2.29. The van der Waals surface area contributed by atoms with Crippen LogP contribution in [0.2, 0.25) is 0 Å². The number of allylic oxidation sites excluding steroid dienone is 4. The molecule has 1 aliphatic heterocycles. The van der Waals surface area contributed by atoms with Crippen molar-refractivity contribution in [3.05, 3.63) is 89.0 Å². The average Bonchev–Trinajstić information content (AvgIpc) is 3.38. The summed E-state index contributed by atoms with van der Waals surface area (Å²) < 4.78 is 0. The van der Waals surface area contributed by atoms with Gasteiger partial charge in [-0.05, 0) is 83.4 Å². The van der Waals surface area contributed by atoms with Crippen LogP contribution in [-0.4, -0.2) is 33.5 Å². The number of imide groups is 1. The highest BCUT2D eigenvalue weighted by Gasteiger charge is 2.28. The van der Waals surface area contributed by atoms with Gasteiger partial charge in [0.15, 0.2) is 0 Å². The second-order valence-corrected chi connectivity index (χ2v) is 8.34. The molecule has 2 fully saturated rings. The van der Waals surface area contributed by atoms with Crippen LogP contribution < -0.4 is 0 Å². The zero-order valence-electron chi connectivity index (χ0n) is 18.0. The van der Waals surface area contributed by atoms with Gasteiger partial charge in [-0.15, -0.1) is 0 Å². The van der Waals surface area contributed by atoms with Crippen LogP contribution in [0.1, 0.15) is 49.7 Å². The maximum Gasteiger partial charge on any atom is 0.229 e. The summed E-state index contributed by atoms with van der Waals surface area (Å²) in [6.45, 7) is 4.52. The maximum atomic E-state index is 11.9. The van der Waals surface area contributed by atoms with Crippen molar-refractivity contribution in [1.29, 1.82) is 0 Å². The van der Waals surface area contributed by atoms with Gasteiger partial charge in [-0.1, -0.05) is 36.9 Å². The van der Waals surface area contributed by atoms with E-state index in [2.05, 4.69) is 12.7 Å². The molecule has 164 valence electrons. The first kappa shape index (κ1) is 21.6. The number of aromatic hydroxyl groups is 2. The quantitative estimate of drug-likeness (QED) is 0.452. The topological polar surface area (TPSA) is 77.8 Å². The molecule has 0 atom stereocenters. The maximum absolute atomic E-state index is 11.9. The Kier molecular flexibility index (Phi) is 6.26. The number of hydrogen-bond acceptors (Lipinski definition) is 4. The summed E-state index contributed by atoms with van der Waals surface area (Å²) in [7, 11) is 0. The summed E-state index contributed by atoms with van der Waals surface area (Å²) in [4.78, 5) is 25.1. The molecule has 2 N–H and O–H groups in total. The Labute approximate surface area is 188 Å². The molecule has 0 radical (unpaired) electrons. The van der Waals surface area contributed by atoms with E-state index < -0.39 is 0 Å². The van der Waals surface area contributed by atoms with Gasteiger partial charge in [0.25, 0.3) is 0 Å². The van der Waals surface area contributed by atoms with E-state index in [0.29, 0.717) is 19.4 Å². The first-order valence-corrected chi connectivity index (χ1v) is 11.0. The van der Waals surface area contributed by atoms with Gasteiger partial charge in [-0.25, -0.2) is 0 Å². The molecule has 2 aliphatic rings. The van der Waals surface area contributed by atoms with E-state index in [-0.39, 0.29) is 23.3 Å². The third-order valence-electron chi connectivity index (χ3n) is 5.95. The normalized spacial score (nSPS) is 16.7. The monoisotopic (exact) mass is 429 g/mol. The molecule has 0 spiro atoms. The number of phenols is 2. The van der Waals surface area contributed by atoms with E-state index in [1.165, 1.54) is 10.5 Å². The molecule has 1 saturated heterocycles. The molecule has 32 heavy (non-hydrogen) atoms. The van der Waals surface area contributed by atoms with Crippen molar-refractivity contribution < 1.29 is 19.8 Å². The Bertz CT molecular complexity index is 1040. The summed E-state index contributed by atoms with van der Waals surface area (Å²) >= 11 is 0. The molecule has 4 rings (SSSR count). The first-order chi connectivity index (χ1) is 15.4. The van der Waals surface area contributed by atoms with Gasteiger partial charge < -0.3 is 10.2 Å². The standard InChI is InChI=1S/C27H27NO4/c1-18-16-22(18)17-21(4-2-3-15-28-25(31)13-14-26(28)32)27(19-5-9-23(29)10-6-19)20-7-11-24(30)12-8-20/h5-12,17,29-30H,1-4,13-16H2/b22-17+. The lowest BCUT2D eigenvalue weighted by molar-refractivity contribution is -0.138. The summed E-state index contributed by atoms with van der Waals surface area (Å²) in [5.74, 6) is 0.260. The second-order valence-electron chi connectivity index (χ2n) is 8.34. The van der Waals surface area contributed by atoms with Crippen LogP contribution in [0.5, 0.6) is 11.5 Å². The SMILES string of the molecule is C=C1C/C1=C\C(CCCCN1C(=O)CCC1=O)=C(c1ccc(O)cc1)c1ccc(O)cc1. The molecule has 1 saturated carbocycles.